The number of carbonyl (C=O) groups excluding carboxylic acids is 1. The van der Waals surface area contributed by atoms with Crippen LogP contribution < -0.4 is 20.9 Å². The van der Waals surface area contributed by atoms with E-state index in [1.54, 1.807) is 12.1 Å². The van der Waals surface area contributed by atoms with E-state index in [0.717, 1.165) is 0 Å². The van der Waals surface area contributed by atoms with Crippen molar-refractivity contribution < 1.29 is 14.6 Å². The van der Waals surface area contributed by atoms with E-state index >= 15 is 0 Å². The van der Waals surface area contributed by atoms with E-state index in [-0.39, 0.29) is 18.3 Å². The third-order valence-electron chi connectivity index (χ3n) is 5.64. The van der Waals surface area contributed by atoms with Gasteiger partial charge in [0.2, 0.25) is 0 Å². The van der Waals surface area contributed by atoms with Crippen molar-refractivity contribution >= 4 is 52.3 Å². The number of aromatic nitrogens is 4. The molecule has 186 valence electrons. The van der Waals surface area contributed by atoms with Crippen LogP contribution in [0, 0.1) is 17.9 Å². The Bertz CT molecular complexity index is 1380. The summed E-state index contributed by atoms with van der Waals surface area (Å²) < 4.78 is 5.99. The first kappa shape index (κ1) is 24.8. The average Bonchev–Trinajstić information content (AvgIpc) is 3.30. The average molecular weight is 511 g/mol. The number of aliphatic hydroxyl groups is 1. The lowest BCUT2D eigenvalue weighted by Crippen LogP contribution is -2.54. The Morgan fingerprint density at radius 2 is 2.28 bits per heavy atom. The minimum Gasteiger partial charge on any atom is -0.453 e. The van der Waals surface area contributed by atoms with Crippen LogP contribution in [0.3, 0.4) is 0 Å². The molecule has 4 N–H and O–H groups in total. The molecule has 1 fully saturated rings. The van der Waals surface area contributed by atoms with Gasteiger partial charge in [-0.2, -0.15) is 10.2 Å². The molecule has 2 aromatic heterocycles. The van der Waals surface area contributed by atoms with E-state index in [4.69, 9.17) is 18.2 Å². The van der Waals surface area contributed by atoms with Gasteiger partial charge in [-0.15, -0.1) is 4.52 Å². The number of halogens is 1. The van der Waals surface area contributed by atoms with Crippen LogP contribution in [-0.2, 0) is 4.74 Å². The lowest BCUT2D eigenvalue weighted by molar-refractivity contribution is 0.103. The molecule has 0 saturated carbocycles. The van der Waals surface area contributed by atoms with Gasteiger partial charge in [-0.3, -0.25) is 0 Å². The number of carbonyl (C=O) groups is 1. The van der Waals surface area contributed by atoms with Gasteiger partial charge in [-0.05, 0) is 25.5 Å². The summed E-state index contributed by atoms with van der Waals surface area (Å²) >= 11 is 6.74. The molecule has 0 spiro atoms. The summed E-state index contributed by atoms with van der Waals surface area (Å²) in [6, 6.07) is 4.85. The predicted molar refractivity (Wildman–Crippen MR) is 133 cm³/mol. The Morgan fingerprint density at radius 3 is 2.94 bits per heavy atom. The highest BCUT2D eigenvalue weighted by atomic mass is 35.5. The number of amides is 1. The van der Waals surface area contributed by atoms with Gasteiger partial charge in [0, 0.05) is 19.6 Å². The Hall–Kier alpha value is -4.33. The number of nitriles is 1. The van der Waals surface area contributed by atoms with E-state index in [1.165, 1.54) is 17.8 Å². The lowest BCUT2D eigenvalue weighted by atomic mass is 10.0. The molecule has 4 rings (SSSR count). The number of fused-ring (bicyclic) bond motifs is 1. The number of ether oxygens (including phenoxy) is 1. The molecule has 2 atom stereocenters. The summed E-state index contributed by atoms with van der Waals surface area (Å²) in [5.41, 5.74) is 1.65. The third-order valence-corrected chi connectivity index (χ3v) is 6.04. The van der Waals surface area contributed by atoms with Crippen LogP contribution in [0.15, 0.2) is 18.3 Å². The Morgan fingerprint density at radius 1 is 1.47 bits per heavy atom. The number of anilines is 4. The zero-order chi connectivity index (χ0) is 25.8. The highest BCUT2D eigenvalue weighted by molar-refractivity contribution is 6.36. The number of rotatable bonds is 6. The Labute approximate surface area is 211 Å². The number of hydrogen-bond donors (Lipinski definition) is 4. The Balaban J connectivity index is 1.66. The Kier molecular flexibility index (Phi) is 7.24. The molecule has 36 heavy (non-hydrogen) atoms. The van der Waals surface area contributed by atoms with Crippen molar-refractivity contribution in [2.45, 2.75) is 25.5 Å². The second-order valence-electron chi connectivity index (χ2n) is 7.92. The number of alkyl carbamates (subject to hydrolysis) is 1. The zero-order valence-corrected chi connectivity index (χ0v) is 20.2. The van der Waals surface area contributed by atoms with Gasteiger partial charge in [0.15, 0.2) is 5.82 Å². The highest BCUT2D eigenvalue weighted by Gasteiger charge is 2.31. The maximum atomic E-state index is 11.5. The summed E-state index contributed by atoms with van der Waals surface area (Å²) in [5.74, 6) is 0.788. The number of benzene rings is 1. The van der Waals surface area contributed by atoms with Crippen molar-refractivity contribution in [1.29, 1.82) is 5.26 Å². The molecule has 14 heteroatoms. The maximum absolute atomic E-state index is 11.5. The first-order chi connectivity index (χ1) is 17.4. The second kappa shape index (κ2) is 10.5. The maximum Gasteiger partial charge on any atom is 0.407 e. The fourth-order valence-corrected chi connectivity index (χ4v) is 4.21. The fraction of sp³-hybridized carbons (Fsp3) is 0.364. The number of hydrogen-bond acceptors (Lipinski definition) is 10. The van der Waals surface area contributed by atoms with E-state index in [1.807, 2.05) is 11.8 Å². The standard InChI is InChI=1S/C22H23ClN10O3/c1-4-26-19-20-27-10-17(25-2)33(20)31-21(30-19)28-14-7-12(9-24)8-15(18(14)23)32-6-5-13(16(34)11-32)29-22(35)36-3/h7-8,10,13,16,34H,4-6,11H2,1,3H3,(H,29,35)(H2,26,28,30,31)/t13-,16-/m0/s1. The number of β-amino-alcohol motifs (C(OH)–C–C–N with tert-alkyl or cyclic N) is 1. The summed E-state index contributed by atoms with van der Waals surface area (Å²) in [4.78, 5) is 25.5. The van der Waals surface area contributed by atoms with Gasteiger partial charge in [0.25, 0.3) is 17.4 Å². The van der Waals surface area contributed by atoms with Gasteiger partial charge in [0.1, 0.15) is 0 Å². The minimum absolute atomic E-state index is 0.144. The van der Waals surface area contributed by atoms with Crippen LogP contribution in [0.2, 0.25) is 5.02 Å². The summed E-state index contributed by atoms with van der Waals surface area (Å²) in [7, 11) is 1.26. The highest BCUT2D eigenvalue weighted by Crippen LogP contribution is 2.37. The number of methoxy groups -OCH3 is 1. The van der Waals surface area contributed by atoms with Crippen molar-refractivity contribution in [2.24, 2.45) is 0 Å². The number of nitrogens with zero attached hydrogens (tertiary/aromatic N) is 7. The van der Waals surface area contributed by atoms with E-state index in [2.05, 4.69) is 46.7 Å². The molecule has 0 bridgehead atoms. The molecule has 1 saturated heterocycles. The molecule has 1 aromatic carbocycles. The molecule has 0 aliphatic carbocycles. The largest absolute Gasteiger partial charge is 0.453 e. The van der Waals surface area contributed by atoms with E-state index < -0.39 is 18.2 Å². The second-order valence-corrected chi connectivity index (χ2v) is 8.29. The molecule has 1 aliphatic heterocycles. The number of piperidine rings is 1. The van der Waals surface area contributed by atoms with Crippen molar-refractivity contribution in [2.75, 3.05) is 42.3 Å². The summed E-state index contributed by atoms with van der Waals surface area (Å²) in [5, 5.41) is 33.6. The van der Waals surface area contributed by atoms with Gasteiger partial charge in [0.05, 0.1) is 53.5 Å². The molecule has 0 radical (unpaired) electrons. The van der Waals surface area contributed by atoms with E-state index in [9.17, 15) is 15.2 Å². The number of imidazole rings is 1. The van der Waals surface area contributed by atoms with Crippen LogP contribution in [-0.4, -0.2) is 69.7 Å². The molecule has 3 heterocycles. The van der Waals surface area contributed by atoms with Crippen molar-refractivity contribution in [3.8, 4) is 6.07 Å². The molecule has 0 unspecified atom stereocenters. The zero-order valence-electron chi connectivity index (χ0n) is 19.5. The van der Waals surface area contributed by atoms with Crippen LogP contribution in [0.4, 0.5) is 33.8 Å². The topological polar surface area (TPSA) is 157 Å². The smallest absolute Gasteiger partial charge is 0.407 e. The molecule has 3 aromatic rings. The predicted octanol–water partition coefficient (Wildman–Crippen LogP) is 2.67. The number of aliphatic hydroxyl groups excluding tert-OH is 1. The molecular weight excluding hydrogens is 488 g/mol. The monoisotopic (exact) mass is 510 g/mol. The summed E-state index contributed by atoms with van der Waals surface area (Å²) in [6.45, 7) is 10.5. The molecule has 1 amide bonds. The minimum atomic E-state index is -0.877. The number of nitrogens with one attached hydrogen (secondary N) is 3. The van der Waals surface area contributed by atoms with Gasteiger partial charge < -0.3 is 35.5 Å². The quantitative estimate of drug-likeness (QED) is 0.363. The first-order valence-electron chi connectivity index (χ1n) is 11.0. The van der Waals surface area contributed by atoms with Crippen molar-refractivity contribution in [1.82, 2.24) is 24.9 Å². The van der Waals surface area contributed by atoms with Crippen LogP contribution in [0.1, 0.15) is 18.9 Å². The van der Waals surface area contributed by atoms with Crippen LogP contribution >= 0.6 is 11.6 Å². The summed E-state index contributed by atoms with van der Waals surface area (Å²) in [6.07, 6.45) is 0.361. The van der Waals surface area contributed by atoms with Crippen molar-refractivity contribution in [3.05, 3.63) is 40.3 Å². The van der Waals surface area contributed by atoms with E-state index in [0.29, 0.717) is 52.9 Å². The van der Waals surface area contributed by atoms with Crippen LogP contribution in [0.5, 0.6) is 0 Å². The first-order valence-corrected chi connectivity index (χ1v) is 11.4. The molecule has 13 nitrogen and oxygen atoms in total. The molecule has 1 aliphatic rings. The third kappa shape index (κ3) is 4.88. The van der Waals surface area contributed by atoms with Crippen molar-refractivity contribution in [3.63, 3.8) is 0 Å². The normalized spacial score (nSPS) is 17.2. The van der Waals surface area contributed by atoms with Gasteiger partial charge >= 0.3 is 6.09 Å². The van der Waals surface area contributed by atoms with Gasteiger partial charge in [-0.1, -0.05) is 23.3 Å². The lowest BCUT2D eigenvalue weighted by Gasteiger charge is -2.37. The van der Waals surface area contributed by atoms with Crippen LogP contribution in [0.25, 0.3) is 10.5 Å². The molecular formula is C22H23ClN10O3. The van der Waals surface area contributed by atoms with Gasteiger partial charge in [-0.25, -0.2) is 9.78 Å². The SMILES string of the molecule is [C-]#[N+]c1cnc2c(NCC)nc(Nc3cc(C#N)cc(N4CC[C@H](NC(=O)OC)[C@@H](O)C4)c3Cl)nn12. The fourth-order valence-electron chi connectivity index (χ4n) is 3.93.